The second-order valence-corrected chi connectivity index (χ2v) is 6.42. The molecular weight excluding hydrogens is 279 g/mol. The van der Waals surface area contributed by atoms with E-state index < -0.39 is 0 Å². The number of nitrogens with two attached hydrogens (primary N) is 1. The van der Waals surface area contributed by atoms with Gasteiger partial charge in [-0.15, -0.1) is 0 Å². The molecule has 0 aliphatic carbocycles. The SMILES string of the molecule is CCCC1CC(N)CN(Cc2ccc(Cl)cc2Cl)C1. The van der Waals surface area contributed by atoms with Gasteiger partial charge in [0.2, 0.25) is 0 Å². The fraction of sp³-hybridized carbons (Fsp3) is 0.600. The Morgan fingerprint density at radius 1 is 1.32 bits per heavy atom. The Morgan fingerprint density at radius 3 is 2.79 bits per heavy atom. The molecule has 2 rings (SSSR count). The average molecular weight is 301 g/mol. The first-order chi connectivity index (χ1) is 9.08. The summed E-state index contributed by atoms with van der Waals surface area (Å²) >= 11 is 12.2. The van der Waals surface area contributed by atoms with Crippen LogP contribution in [0.4, 0.5) is 0 Å². The van der Waals surface area contributed by atoms with Gasteiger partial charge in [0.25, 0.3) is 0 Å². The van der Waals surface area contributed by atoms with Crippen molar-refractivity contribution in [2.45, 2.75) is 38.8 Å². The number of likely N-dealkylation sites (tertiary alicyclic amines) is 1. The van der Waals surface area contributed by atoms with E-state index in [4.69, 9.17) is 28.9 Å². The van der Waals surface area contributed by atoms with Crippen LogP contribution in [0.15, 0.2) is 18.2 Å². The quantitative estimate of drug-likeness (QED) is 0.912. The Labute approximate surface area is 125 Å². The van der Waals surface area contributed by atoms with E-state index in [0.717, 1.165) is 42.6 Å². The van der Waals surface area contributed by atoms with Gasteiger partial charge < -0.3 is 5.73 Å². The molecule has 2 N–H and O–H groups in total. The zero-order chi connectivity index (χ0) is 13.8. The van der Waals surface area contributed by atoms with Crippen molar-refractivity contribution in [1.82, 2.24) is 4.90 Å². The fourth-order valence-electron chi connectivity index (χ4n) is 2.99. The number of nitrogens with zero attached hydrogens (tertiary/aromatic N) is 1. The molecule has 1 aromatic rings. The van der Waals surface area contributed by atoms with Crippen LogP contribution in [0.1, 0.15) is 31.7 Å². The van der Waals surface area contributed by atoms with Gasteiger partial charge in [-0.1, -0.05) is 42.6 Å². The third kappa shape index (κ3) is 4.35. The lowest BCUT2D eigenvalue weighted by Gasteiger charge is -2.36. The van der Waals surface area contributed by atoms with Gasteiger partial charge in [0.05, 0.1) is 0 Å². The number of hydrogen-bond acceptors (Lipinski definition) is 2. The van der Waals surface area contributed by atoms with Crippen molar-refractivity contribution in [3.63, 3.8) is 0 Å². The molecule has 2 nitrogen and oxygen atoms in total. The van der Waals surface area contributed by atoms with E-state index in [0.29, 0.717) is 5.02 Å². The second kappa shape index (κ2) is 6.94. The third-order valence-electron chi connectivity index (χ3n) is 3.75. The summed E-state index contributed by atoms with van der Waals surface area (Å²) in [6.45, 7) is 5.18. The maximum Gasteiger partial charge on any atom is 0.0465 e. The van der Waals surface area contributed by atoms with Crippen molar-refractivity contribution >= 4 is 23.2 Å². The van der Waals surface area contributed by atoms with Gasteiger partial charge in [-0.2, -0.15) is 0 Å². The van der Waals surface area contributed by atoms with Gasteiger partial charge in [-0.05, 0) is 36.5 Å². The summed E-state index contributed by atoms with van der Waals surface area (Å²) in [6, 6.07) is 6.01. The van der Waals surface area contributed by atoms with Gasteiger partial charge in [0, 0.05) is 35.7 Å². The number of benzene rings is 1. The van der Waals surface area contributed by atoms with Crippen LogP contribution in [-0.4, -0.2) is 24.0 Å². The minimum Gasteiger partial charge on any atom is -0.327 e. The molecule has 0 saturated carbocycles. The Hall–Kier alpha value is -0.280. The average Bonchev–Trinajstić information content (AvgIpc) is 2.32. The Balaban J connectivity index is 2.01. The van der Waals surface area contributed by atoms with Crippen LogP contribution in [0.3, 0.4) is 0 Å². The molecule has 1 heterocycles. The minimum atomic E-state index is 0.288. The number of piperidine rings is 1. The van der Waals surface area contributed by atoms with Crippen LogP contribution in [0, 0.1) is 5.92 Å². The lowest BCUT2D eigenvalue weighted by Crippen LogP contribution is -2.46. The van der Waals surface area contributed by atoms with Gasteiger partial charge >= 0.3 is 0 Å². The zero-order valence-electron chi connectivity index (χ0n) is 11.4. The molecule has 19 heavy (non-hydrogen) atoms. The lowest BCUT2D eigenvalue weighted by atomic mass is 9.91. The predicted octanol–water partition coefficient (Wildman–Crippen LogP) is 3.94. The molecule has 0 radical (unpaired) electrons. The largest absolute Gasteiger partial charge is 0.327 e. The summed E-state index contributed by atoms with van der Waals surface area (Å²) in [5.41, 5.74) is 7.30. The standard InChI is InChI=1S/C15H22Cl2N2/c1-2-3-11-6-14(18)10-19(8-11)9-12-4-5-13(16)7-15(12)17/h4-5,7,11,14H,2-3,6,8-10,18H2,1H3. The van der Waals surface area contributed by atoms with E-state index in [9.17, 15) is 0 Å². The summed E-state index contributed by atoms with van der Waals surface area (Å²) in [4.78, 5) is 2.42. The highest BCUT2D eigenvalue weighted by Gasteiger charge is 2.24. The van der Waals surface area contributed by atoms with Crippen molar-refractivity contribution in [3.8, 4) is 0 Å². The van der Waals surface area contributed by atoms with Gasteiger partial charge in [0.1, 0.15) is 0 Å². The molecule has 1 saturated heterocycles. The van der Waals surface area contributed by atoms with E-state index in [-0.39, 0.29) is 6.04 Å². The highest BCUT2D eigenvalue weighted by atomic mass is 35.5. The second-order valence-electron chi connectivity index (χ2n) is 5.58. The molecular formula is C15H22Cl2N2. The molecule has 1 fully saturated rings. The Kier molecular flexibility index (Phi) is 5.52. The summed E-state index contributed by atoms with van der Waals surface area (Å²) < 4.78 is 0. The summed E-state index contributed by atoms with van der Waals surface area (Å²) in [5.74, 6) is 0.722. The molecule has 4 heteroatoms. The van der Waals surface area contributed by atoms with Crippen LogP contribution in [0.25, 0.3) is 0 Å². The highest BCUT2D eigenvalue weighted by Crippen LogP contribution is 2.26. The molecule has 1 aliphatic heterocycles. The van der Waals surface area contributed by atoms with Crippen molar-refractivity contribution in [2.75, 3.05) is 13.1 Å². The molecule has 106 valence electrons. The molecule has 0 amide bonds. The molecule has 1 aromatic carbocycles. The van der Waals surface area contributed by atoms with Crippen molar-refractivity contribution in [3.05, 3.63) is 33.8 Å². The van der Waals surface area contributed by atoms with E-state index >= 15 is 0 Å². The lowest BCUT2D eigenvalue weighted by molar-refractivity contribution is 0.144. The molecule has 2 atom stereocenters. The van der Waals surface area contributed by atoms with E-state index in [1.165, 1.54) is 12.8 Å². The summed E-state index contributed by atoms with van der Waals surface area (Å²) in [6.07, 6.45) is 3.64. The number of rotatable bonds is 4. The number of hydrogen-bond donors (Lipinski definition) is 1. The van der Waals surface area contributed by atoms with Crippen LogP contribution in [0.5, 0.6) is 0 Å². The first-order valence-electron chi connectivity index (χ1n) is 7.00. The molecule has 0 spiro atoms. The van der Waals surface area contributed by atoms with Crippen LogP contribution in [-0.2, 0) is 6.54 Å². The third-order valence-corrected chi connectivity index (χ3v) is 4.34. The minimum absolute atomic E-state index is 0.288. The van der Waals surface area contributed by atoms with Crippen molar-refractivity contribution < 1.29 is 0 Å². The van der Waals surface area contributed by atoms with Gasteiger partial charge in [-0.25, -0.2) is 0 Å². The van der Waals surface area contributed by atoms with Crippen LogP contribution >= 0.6 is 23.2 Å². The predicted molar refractivity (Wildman–Crippen MR) is 82.7 cm³/mol. The summed E-state index contributed by atoms with van der Waals surface area (Å²) in [7, 11) is 0. The molecule has 0 aromatic heterocycles. The zero-order valence-corrected chi connectivity index (χ0v) is 12.9. The molecule has 0 bridgehead atoms. The smallest absolute Gasteiger partial charge is 0.0465 e. The van der Waals surface area contributed by atoms with Crippen LogP contribution in [0.2, 0.25) is 10.0 Å². The maximum absolute atomic E-state index is 6.24. The fourth-order valence-corrected chi connectivity index (χ4v) is 3.45. The monoisotopic (exact) mass is 300 g/mol. The maximum atomic E-state index is 6.24. The van der Waals surface area contributed by atoms with Crippen molar-refractivity contribution in [1.29, 1.82) is 0 Å². The first kappa shape index (κ1) is 15.1. The molecule has 2 unspecified atom stereocenters. The van der Waals surface area contributed by atoms with E-state index in [1.54, 1.807) is 0 Å². The summed E-state index contributed by atoms with van der Waals surface area (Å²) in [5, 5.41) is 1.44. The Bertz CT molecular complexity index is 423. The van der Waals surface area contributed by atoms with E-state index in [2.05, 4.69) is 11.8 Å². The molecule has 1 aliphatic rings. The van der Waals surface area contributed by atoms with Crippen LogP contribution < -0.4 is 5.73 Å². The number of halogens is 2. The Morgan fingerprint density at radius 2 is 2.11 bits per heavy atom. The van der Waals surface area contributed by atoms with E-state index in [1.807, 2.05) is 18.2 Å². The van der Waals surface area contributed by atoms with Gasteiger partial charge in [0.15, 0.2) is 0 Å². The van der Waals surface area contributed by atoms with Gasteiger partial charge in [-0.3, -0.25) is 4.90 Å². The first-order valence-corrected chi connectivity index (χ1v) is 7.76. The topological polar surface area (TPSA) is 29.3 Å². The van der Waals surface area contributed by atoms with Crippen molar-refractivity contribution in [2.24, 2.45) is 11.7 Å². The normalized spacial score (nSPS) is 24.6. The highest BCUT2D eigenvalue weighted by molar-refractivity contribution is 6.35.